The number of carbonyl (C=O) groups is 1. The maximum Gasteiger partial charge on any atom is 0.411 e. The van der Waals surface area contributed by atoms with Crippen LogP contribution in [0, 0.1) is 0 Å². The van der Waals surface area contributed by atoms with Crippen molar-refractivity contribution in [2.24, 2.45) is 0 Å². The number of thiophene rings is 1. The van der Waals surface area contributed by atoms with Gasteiger partial charge in [0.15, 0.2) is 11.5 Å². The number of fused-ring (bicyclic) bond motifs is 1. The van der Waals surface area contributed by atoms with E-state index >= 15 is 0 Å². The third-order valence-electron chi connectivity index (χ3n) is 4.50. The summed E-state index contributed by atoms with van der Waals surface area (Å²) < 4.78 is 52.3. The van der Waals surface area contributed by atoms with Crippen molar-refractivity contribution in [3.8, 4) is 11.5 Å². The van der Waals surface area contributed by atoms with Crippen molar-refractivity contribution >= 4 is 17.2 Å². The Kier molecular flexibility index (Phi) is 6.14. The Labute approximate surface area is 164 Å². The molecule has 1 unspecified atom stereocenters. The van der Waals surface area contributed by atoms with Gasteiger partial charge in [0.25, 0.3) is 0 Å². The fourth-order valence-corrected chi connectivity index (χ4v) is 4.16. The minimum atomic E-state index is -4.47. The van der Waals surface area contributed by atoms with E-state index < -0.39 is 31.3 Å². The van der Waals surface area contributed by atoms with Crippen LogP contribution in [-0.4, -0.2) is 51.0 Å². The van der Waals surface area contributed by atoms with E-state index in [0.29, 0.717) is 24.5 Å². The van der Waals surface area contributed by atoms with Crippen LogP contribution in [0.15, 0.2) is 29.6 Å². The zero-order valence-corrected chi connectivity index (χ0v) is 16.2. The fourth-order valence-electron chi connectivity index (χ4n) is 3.31. The van der Waals surface area contributed by atoms with E-state index in [1.54, 1.807) is 12.0 Å². The van der Waals surface area contributed by atoms with Gasteiger partial charge in [0, 0.05) is 11.4 Å². The third kappa shape index (κ3) is 4.41. The quantitative estimate of drug-likeness (QED) is 0.720. The molecule has 1 aromatic heterocycles. The minimum Gasteiger partial charge on any atom is -0.493 e. The number of alkyl halides is 3. The van der Waals surface area contributed by atoms with E-state index in [9.17, 15) is 18.0 Å². The molecule has 0 saturated heterocycles. The number of halogens is 3. The van der Waals surface area contributed by atoms with E-state index in [4.69, 9.17) is 9.47 Å². The van der Waals surface area contributed by atoms with Crippen LogP contribution in [0.1, 0.15) is 22.0 Å². The molecule has 3 rings (SSSR count). The van der Waals surface area contributed by atoms with Gasteiger partial charge in [-0.25, -0.2) is 0 Å². The number of hydrogen-bond donors (Lipinski definition) is 0. The van der Waals surface area contributed by atoms with E-state index in [-0.39, 0.29) is 0 Å². The first-order chi connectivity index (χ1) is 13.3. The highest BCUT2D eigenvalue weighted by atomic mass is 32.1. The molecule has 5 nitrogen and oxygen atoms in total. The molecule has 0 aliphatic carbocycles. The number of ether oxygens (including phenoxy) is 3. The monoisotopic (exact) mass is 415 g/mol. The second-order valence-electron chi connectivity index (χ2n) is 6.27. The molecule has 1 aromatic carbocycles. The largest absolute Gasteiger partial charge is 0.493 e. The molecule has 0 saturated carbocycles. The van der Waals surface area contributed by atoms with Gasteiger partial charge in [0.2, 0.25) is 5.91 Å². The lowest BCUT2D eigenvalue weighted by molar-refractivity contribution is -0.178. The highest BCUT2D eigenvalue weighted by Gasteiger charge is 2.35. The molecule has 28 heavy (non-hydrogen) atoms. The molecule has 2 aromatic rings. The summed E-state index contributed by atoms with van der Waals surface area (Å²) in [6.45, 7) is -1.69. The second-order valence-corrected chi connectivity index (χ2v) is 7.25. The molecule has 0 spiro atoms. The molecule has 1 aliphatic rings. The normalized spacial score (nSPS) is 16.6. The fraction of sp³-hybridized carbons (Fsp3) is 0.421. The average molecular weight is 415 g/mol. The van der Waals surface area contributed by atoms with Crippen molar-refractivity contribution in [2.45, 2.75) is 18.6 Å². The smallest absolute Gasteiger partial charge is 0.411 e. The molecule has 0 bridgehead atoms. The number of nitrogens with zero attached hydrogens (tertiary/aromatic N) is 1. The molecule has 0 fully saturated rings. The predicted molar refractivity (Wildman–Crippen MR) is 98.0 cm³/mol. The number of hydrogen-bond acceptors (Lipinski definition) is 5. The van der Waals surface area contributed by atoms with Crippen LogP contribution < -0.4 is 9.47 Å². The highest BCUT2D eigenvalue weighted by Crippen LogP contribution is 2.42. The van der Waals surface area contributed by atoms with E-state index in [2.05, 4.69) is 4.74 Å². The molecule has 9 heteroatoms. The molecule has 1 amide bonds. The molecular weight excluding hydrogens is 395 g/mol. The van der Waals surface area contributed by atoms with Crippen LogP contribution in [0.3, 0.4) is 0 Å². The van der Waals surface area contributed by atoms with Gasteiger partial charge < -0.3 is 19.1 Å². The number of methoxy groups -OCH3 is 2. The van der Waals surface area contributed by atoms with Gasteiger partial charge in [-0.3, -0.25) is 4.79 Å². The number of rotatable bonds is 6. The topological polar surface area (TPSA) is 48.0 Å². The van der Waals surface area contributed by atoms with Gasteiger partial charge in [-0.1, -0.05) is 6.07 Å². The first-order valence-corrected chi connectivity index (χ1v) is 9.44. The lowest BCUT2D eigenvalue weighted by Crippen LogP contribution is -2.42. The number of amides is 1. The Morgan fingerprint density at radius 3 is 2.57 bits per heavy atom. The van der Waals surface area contributed by atoms with E-state index in [1.807, 2.05) is 29.6 Å². The molecule has 1 aliphatic heterocycles. The maximum absolute atomic E-state index is 12.7. The first-order valence-electron chi connectivity index (χ1n) is 8.56. The maximum atomic E-state index is 12.7. The predicted octanol–water partition coefficient (Wildman–Crippen LogP) is 3.82. The summed E-state index contributed by atoms with van der Waals surface area (Å²) in [4.78, 5) is 15.1. The Bertz CT molecular complexity index is 823. The summed E-state index contributed by atoms with van der Waals surface area (Å²) in [7, 11) is 3.08. The van der Waals surface area contributed by atoms with Crippen molar-refractivity contribution in [3.63, 3.8) is 0 Å². The summed E-state index contributed by atoms with van der Waals surface area (Å²) >= 11 is 1.48. The zero-order chi connectivity index (χ0) is 20.3. The highest BCUT2D eigenvalue weighted by molar-refractivity contribution is 7.10. The van der Waals surface area contributed by atoms with Crippen molar-refractivity contribution in [3.05, 3.63) is 45.6 Å². The van der Waals surface area contributed by atoms with Crippen molar-refractivity contribution in [1.29, 1.82) is 0 Å². The van der Waals surface area contributed by atoms with Gasteiger partial charge in [-0.05, 0) is 41.1 Å². The lowest BCUT2D eigenvalue weighted by atomic mass is 9.90. The van der Waals surface area contributed by atoms with Crippen LogP contribution >= 0.6 is 11.3 Å². The van der Waals surface area contributed by atoms with Crippen LogP contribution in [0.2, 0.25) is 0 Å². The van der Waals surface area contributed by atoms with Crippen LogP contribution in [0.4, 0.5) is 13.2 Å². The lowest BCUT2D eigenvalue weighted by Gasteiger charge is -2.37. The summed E-state index contributed by atoms with van der Waals surface area (Å²) in [6, 6.07) is 7.08. The van der Waals surface area contributed by atoms with Crippen LogP contribution in [0.25, 0.3) is 0 Å². The second kappa shape index (κ2) is 8.40. The molecule has 0 radical (unpaired) electrons. The van der Waals surface area contributed by atoms with Crippen LogP contribution in [-0.2, 0) is 16.0 Å². The minimum absolute atomic E-state index is 0.374. The van der Waals surface area contributed by atoms with E-state index in [1.165, 1.54) is 18.4 Å². The van der Waals surface area contributed by atoms with Crippen molar-refractivity contribution < 1.29 is 32.2 Å². The Morgan fingerprint density at radius 1 is 1.25 bits per heavy atom. The molecule has 0 N–H and O–H groups in total. The van der Waals surface area contributed by atoms with Gasteiger partial charge in [-0.2, -0.15) is 13.2 Å². The van der Waals surface area contributed by atoms with Crippen molar-refractivity contribution in [1.82, 2.24) is 4.90 Å². The van der Waals surface area contributed by atoms with Gasteiger partial charge in [0.1, 0.15) is 13.2 Å². The summed E-state index contributed by atoms with van der Waals surface area (Å²) in [5, 5.41) is 1.90. The number of carbonyl (C=O) groups excluding carboxylic acids is 1. The van der Waals surface area contributed by atoms with Gasteiger partial charge in [-0.15, -0.1) is 11.3 Å². The third-order valence-corrected chi connectivity index (χ3v) is 5.42. The standard InChI is InChI=1S/C19H20F3NO4S/c1-25-14-8-12-5-6-23(17(24)10-27-11-19(20,21)22)18(16-4-3-7-28-16)13(12)9-15(14)26-2/h3-4,7-9,18H,5-6,10-11H2,1-2H3. The molecule has 152 valence electrons. The SMILES string of the molecule is COc1cc2c(cc1OC)C(c1cccs1)N(C(=O)COCC(F)(F)F)CC2. The van der Waals surface area contributed by atoms with Gasteiger partial charge in [0.05, 0.1) is 20.3 Å². The average Bonchev–Trinajstić information content (AvgIpc) is 3.19. The molecule has 2 heterocycles. The zero-order valence-electron chi connectivity index (χ0n) is 15.4. The molecule has 1 atom stereocenters. The Balaban J connectivity index is 1.92. The summed E-state index contributed by atoms with van der Waals surface area (Å²) in [5.74, 6) is 0.646. The Hall–Kier alpha value is -2.26. The summed E-state index contributed by atoms with van der Waals surface area (Å²) in [5.41, 5.74) is 1.88. The van der Waals surface area contributed by atoms with E-state index in [0.717, 1.165) is 16.0 Å². The van der Waals surface area contributed by atoms with Crippen LogP contribution in [0.5, 0.6) is 11.5 Å². The first kappa shape index (κ1) is 20.5. The molecular formula is C19H20F3NO4S. The summed E-state index contributed by atoms with van der Waals surface area (Å²) in [6.07, 6.45) is -3.91. The Morgan fingerprint density at radius 2 is 1.96 bits per heavy atom. The van der Waals surface area contributed by atoms with Gasteiger partial charge >= 0.3 is 6.18 Å². The number of benzene rings is 1. The van der Waals surface area contributed by atoms with Crippen molar-refractivity contribution in [2.75, 3.05) is 34.0 Å².